The third-order valence-corrected chi connectivity index (χ3v) is 2.67. The molecule has 0 heterocycles. The predicted molar refractivity (Wildman–Crippen MR) is 70.8 cm³/mol. The average molecular weight is 253 g/mol. The maximum Gasteiger partial charge on any atom is 0.236 e. The van der Waals surface area contributed by atoms with E-state index in [2.05, 4.69) is 5.32 Å². The second-order valence-electron chi connectivity index (χ2n) is 4.47. The summed E-state index contributed by atoms with van der Waals surface area (Å²) < 4.78 is 14.0. The van der Waals surface area contributed by atoms with Gasteiger partial charge >= 0.3 is 0 Å². The number of hydrogen-bond donors (Lipinski definition) is 2. The second kappa shape index (κ2) is 6.35. The van der Waals surface area contributed by atoms with Gasteiger partial charge in [0.1, 0.15) is 5.82 Å². The fourth-order valence-corrected chi connectivity index (χ4v) is 1.90. The summed E-state index contributed by atoms with van der Waals surface area (Å²) in [7, 11) is 1.79. The van der Waals surface area contributed by atoms with Crippen molar-refractivity contribution in [3.8, 4) is 0 Å². The summed E-state index contributed by atoms with van der Waals surface area (Å²) in [4.78, 5) is 12.8. The van der Waals surface area contributed by atoms with Crippen LogP contribution in [0.2, 0.25) is 0 Å². The molecule has 0 radical (unpaired) electrons. The number of nitrogens with one attached hydrogen (secondary N) is 1. The third-order valence-electron chi connectivity index (χ3n) is 2.67. The number of nitrogens with two attached hydrogens (primary N) is 1. The van der Waals surface area contributed by atoms with E-state index in [0.29, 0.717) is 12.2 Å². The minimum absolute atomic E-state index is 0.00924. The van der Waals surface area contributed by atoms with Gasteiger partial charge in [0.15, 0.2) is 0 Å². The highest BCUT2D eigenvalue weighted by molar-refractivity contribution is 5.80. The van der Waals surface area contributed by atoms with Crippen molar-refractivity contribution in [2.24, 2.45) is 5.73 Å². The van der Waals surface area contributed by atoms with E-state index in [-0.39, 0.29) is 18.4 Å². The molecule has 0 aliphatic heterocycles. The molecule has 0 aliphatic rings. The zero-order valence-electron chi connectivity index (χ0n) is 11.0. The first kappa shape index (κ1) is 14.4. The van der Waals surface area contributed by atoms with Gasteiger partial charge < -0.3 is 16.0 Å². The van der Waals surface area contributed by atoms with E-state index in [1.54, 1.807) is 18.0 Å². The zero-order valence-corrected chi connectivity index (χ0v) is 11.0. The van der Waals surface area contributed by atoms with Gasteiger partial charge in [-0.1, -0.05) is 12.1 Å². The summed E-state index contributed by atoms with van der Waals surface area (Å²) in [6.45, 7) is 4.35. The Labute approximate surface area is 107 Å². The lowest BCUT2D eigenvalue weighted by molar-refractivity contribution is -0.116. The molecule has 0 spiro atoms. The van der Waals surface area contributed by atoms with Crippen molar-refractivity contribution in [2.75, 3.05) is 18.5 Å². The Morgan fingerprint density at radius 2 is 2.17 bits per heavy atom. The predicted octanol–water partition coefficient (Wildman–Crippen LogP) is 1.25. The molecule has 0 saturated carbocycles. The number of amides is 1. The van der Waals surface area contributed by atoms with Crippen molar-refractivity contribution < 1.29 is 9.18 Å². The first-order valence-corrected chi connectivity index (χ1v) is 5.94. The van der Waals surface area contributed by atoms with E-state index in [1.807, 2.05) is 19.9 Å². The first-order valence-electron chi connectivity index (χ1n) is 5.94. The summed E-state index contributed by atoms with van der Waals surface area (Å²) in [5.41, 5.74) is 6.48. The smallest absolute Gasteiger partial charge is 0.236 e. The van der Waals surface area contributed by atoms with Crippen molar-refractivity contribution >= 4 is 11.6 Å². The number of hydrogen-bond acceptors (Lipinski definition) is 3. The van der Waals surface area contributed by atoms with Gasteiger partial charge in [0, 0.05) is 12.6 Å². The van der Waals surface area contributed by atoms with Crippen LogP contribution in [0.25, 0.3) is 0 Å². The van der Waals surface area contributed by atoms with Gasteiger partial charge in [0.25, 0.3) is 0 Å². The Balaban J connectivity index is 3.20. The Bertz CT molecular complexity index is 421. The van der Waals surface area contributed by atoms with Crippen LogP contribution >= 0.6 is 0 Å². The Kier molecular flexibility index (Phi) is 5.09. The fourth-order valence-electron chi connectivity index (χ4n) is 1.90. The zero-order chi connectivity index (χ0) is 13.7. The van der Waals surface area contributed by atoms with Crippen molar-refractivity contribution in [3.05, 3.63) is 29.6 Å². The molecule has 1 amide bonds. The van der Waals surface area contributed by atoms with E-state index >= 15 is 0 Å². The van der Waals surface area contributed by atoms with Crippen molar-refractivity contribution in [3.63, 3.8) is 0 Å². The van der Waals surface area contributed by atoms with Crippen LogP contribution in [0.3, 0.4) is 0 Å². The molecule has 0 bridgehead atoms. The van der Waals surface area contributed by atoms with Crippen molar-refractivity contribution in [2.45, 2.75) is 26.4 Å². The number of para-hydroxylation sites is 1. The molecule has 0 aromatic heterocycles. The van der Waals surface area contributed by atoms with Crippen LogP contribution < -0.4 is 16.0 Å². The summed E-state index contributed by atoms with van der Waals surface area (Å²) in [5, 5.41) is 2.99. The molecular weight excluding hydrogens is 233 g/mol. The normalized spacial score (nSPS) is 10.7. The van der Waals surface area contributed by atoms with Gasteiger partial charge in [0.2, 0.25) is 5.91 Å². The lowest BCUT2D eigenvalue weighted by atomic mass is 10.1. The van der Waals surface area contributed by atoms with Gasteiger partial charge in [-0.05, 0) is 32.5 Å². The summed E-state index contributed by atoms with van der Waals surface area (Å²) in [6, 6.07) is 4.88. The SMILES string of the molecule is CNCc1cccc(F)c1N(CC(N)=O)C(C)C. The van der Waals surface area contributed by atoms with E-state index in [4.69, 9.17) is 5.73 Å². The number of carbonyl (C=O) groups excluding carboxylic acids is 1. The summed E-state index contributed by atoms with van der Waals surface area (Å²) in [5.74, 6) is -0.805. The molecule has 1 rings (SSSR count). The Morgan fingerprint density at radius 1 is 1.50 bits per heavy atom. The Morgan fingerprint density at radius 3 is 2.67 bits per heavy atom. The molecule has 0 fully saturated rings. The standard InChI is InChI=1S/C13H20FN3O/c1-9(2)17(8-12(15)18)13-10(7-16-3)5-4-6-11(13)14/h4-6,9,16H,7-8H2,1-3H3,(H2,15,18). The van der Waals surface area contributed by atoms with Gasteiger partial charge in [-0.3, -0.25) is 4.79 Å². The van der Waals surface area contributed by atoms with Crippen LogP contribution in [0.4, 0.5) is 10.1 Å². The van der Waals surface area contributed by atoms with E-state index in [9.17, 15) is 9.18 Å². The van der Waals surface area contributed by atoms with E-state index < -0.39 is 5.91 Å². The number of primary amides is 1. The minimum atomic E-state index is -0.470. The monoisotopic (exact) mass is 253 g/mol. The lowest BCUT2D eigenvalue weighted by Crippen LogP contribution is -2.40. The van der Waals surface area contributed by atoms with Crippen LogP contribution in [-0.2, 0) is 11.3 Å². The molecule has 0 aliphatic carbocycles. The number of carbonyl (C=O) groups is 1. The highest BCUT2D eigenvalue weighted by atomic mass is 19.1. The maximum atomic E-state index is 14.0. The highest BCUT2D eigenvalue weighted by Gasteiger charge is 2.19. The number of rotatable bonds is 6. The summed E-state index contributed by atoms with van der Waals surface area (Å²) >= 11 is 0. The minimum Gasteiger partial charge on any atom is -0.368 e. The number of nitrogens with zero attached hydrogens (tertiary/aromatic N) is 1. The average Bonchev–Trinajstić information content (AvgIpc) is 2.27. The molecule has 3 N–H and O–H groups in total. The van der Waals surface area contributed by atoms with Crippen LogP contribution in [0, 0.1) is 5.82 Å². The molecule has 0 atom stereocenters. The molecule has 1 aromatic carbocycles. The van der Waals surface area contributed by atoms with Crippen molar-refractivity contribution in [1.29, 1.82) is 0 Å². The van der Waals surface area contributed by atoms with Gasteiger partial charge in [-0.25, -0.2) is 4.39 Å². The molecule has 1 aromatic rings. The topological polar surface area (TPSA) is 58.4 Å². The second-order valence-corrected chi connectivity index (χ2v) is 4.47. The van der Waals surface area contributed by atoms with Crippen LogP contribution in [0.1, 0.15) is 19.4 Å². The molecule has 18 heavy (non-hydrogen) atoms. The largest absolute Gasteiger partial charge is 0.368 e. The van der Waals surface area contributed by atoms with E-state index in [1.165, 1.54) is 6.07 Å². The van der Waals surface area contributed by atoms with Crippen LogP contribution in [-0.4, -0.2) is 25.5 Å². The fraction of sp³-hybridized carbons (Fsp3) is 0.462. The van der Waals surface area contributed by atoms with E-state index in [0.717, 1.165) is 5.56 Å². The van der Waals surface area contributed by atoms with Crippen molar-refractivity contribution in [1.82, 2.24) is 5.32 Å². The Hall–Kier alpha value is -1.62. The molecular formula is C13H20FN3O. The van der Waals surface area contributed by atoms with Gasteiger partial charge in [-0.15, -0.1) is 0 Å². The molecule has 4 nitrogen and oxygen atoms in total. The van der Waals surface area contributed by atoms with Gasteiger partial charge in [0.05, 0.1) is 12.2 Å². The third kappa shape index (κ3) is 3.43. The highest BCUT2D eigenvalue weighted by Crippen LogP contribution is 2.26. The maximum absolute atomic E-state index is 14.0. The molecule has 100 valence electrons. The quantitative estimate of drug-likeness (QED) is 0.802. The lowest BCUT2D eigenvalue weighted by Gasteiger charge is -2.30. The van der Waals surface area contributed by atoms with Gasteiger partial charge in [-0.2, -0.15) is 0 Å². The molecule has 0 unspecified atom stereocenters. The summed E-state index contributed by atoms with van der Waals surface area (Å²) in [6.07, 6.45) is 0. The first-order chi connectivity index (χ1) is 8.47. The number of halogens is 1. The number of benzene rings is 1. The molecule has 5 heteroatoms. The molecule has 0 saturated heterocycles. The van der Waals surface area contributed by atoms with Crippen LogP contribution in [0.5, 0.6) is 0 Å². The number of anilines is 1. The van der Waals surface area contributed by atoms with Crippen LogP contribution in [0.15, 0.2) is 18.2 Å².